The zero-order valence-corrected chi connectivity index (χ0v) is 12.9. The lowest BCUT2D eigenvalue weighted by atomic mass is 10.0. The molecule has 122 valence electrons. The van der Waals surface area contributed by atoms with E-state index in [4.69, 9.17) is 5.26 Å². The number of amides is 2. The molecule has 0 saturated heterocycles. The summed E-state index contributed by atoms with van der Waals surface area (Å²) in [6.07, 6.45) is 0.387. The van der Waals surface area contributed by atoms with Crippen molar-refractivity contribution in [3.05, 3.63) is 39.9 Å². The molecule has 0 bridgehead atoms. The fraction of sp³-hybridized carbons (Fsp3) is 0.400. The highest BCUT2D eigenvalue weighted by Gasteiger charge is 2.23. The molecule has 1 rings (SSSR count). The number of nitro groups is 1. The van der Waals surface area contributed by atoms with Crippen molar-refractivity contribution in [2.45, 2.75) is 26.3 Å². The number of nitro benzene ring substituents is 1. The predicted molar refractivity (Wildman–Crippen MR) is 82.4 cm³/mol. The number of nitrogens with zero attached hydrogens (tertiary/aromatic N) is 2. The fourth-order valence-electron chi connectivity index (χ4n) is 1.96. The van der Waals surface area contributed by atoms with Crippen molar-refractivity contribution in [3.63, 3.8) is 0 Å². The first-order chi connectivity index (χ1) is 10.8. The third-order valence-electron chi connectivity index (χ3n) is 2.99. The van der Waals surface area contributed by atoms with Gasteiger partial charge < -0.3 is 10.6 Å². The van der Waals surface area contributed by atoms with Gasteiger partial charge in [-0.3, -0.25) is 19.7 Å². The fourth-order valence-corrected chi connectivity index (χ4v) is 1.96. The summed E-state index contributed by atoms with van der Waals surface area (Å²) < 4.78 is 0. The Balaban J connectivity index is 2.88. The number of hydrogen-bond acceptors (Lipinski definition) is 5. The van der Waals surface area contributed by atoms with Crippen molar-refractivity contribution in [2.75, 3.05) is 6.54 Å². The molecular formula is C15H18N4O4. The summed E-state index contributed by atoms with van der Waals surface area (Å²) >= 11 is 0. The van der Waals surface area contributed by atoms with Crippen LogP contribution in [-0.2, 0) is 4.79 Å². The maximum Gasteiger partial charge on any atom is 0.270 e. The first-order valence-corrected chi connectivity index (χ1v) is 7.05. The summed E-state index contributed by atoms with van der Waals surface area (Å²) in [6, 6.07) is 6.25. The number of non-ortho nitro benzene ring substituents is 1. The van der Waals surface area contributed by atoms with Gasteiger partial charge in [0.2, 0.25) is 5.91 Å². The summed E-state index contributed by atoms with van der Waals surface area (Å²) in [5.41, 5.74) is -0.104. The van der Waals surface area contributed by atoms with Crippen LogP contribution in [0.15, 0.2) is 24.3 Å². The maximum absolute atomic E-state index is 12.2. The highest BCUT2D eigenvalue weighted by Crippen LogP contribution is 2.14. The van der Waals surface area contributed by atoms with Crippen LogP contribution in [0.5, 0.6) is 0 Å². The van der Waals surface area contributed by atoms with Gasteiger partial charge in [0.25, 0.3) is 11.6 Å². The van der Waals surface area contributed by atoms with Crippen LogP contribution in [0.4, 0.5) is 5.69 Å². The molecule has 0 spiro atoms. The topological polar surface area (TPSA) is 125 Å². The summed E-state index contributed by atoms with van der Waals surface area (Å²) in [5.74, 6) is -0.899. The molecule has 0 heterocycles. The second kappa shape index (κ2) is 8.48. The molecule has 1 aromatic carbocycles. The summed E-state index contributed by atoms with van der Waals surface area (Å²) in [4.78, 5) is 34.4. The first kappa shape index (κ1) is 18.1. The third kappa shape index (κ3) is 5.74. The van der Waals surface area contributed by atoms with Crippen LogP contribution < -0.4 is 10.6 Å². The molecule has 0 aliphatic heterocycles. The minimum absolute atomic E-state index is 0.0982. The van der Waals surface area contributed by atoms with Gasteiger partial charge in [0.15, 0.2) is 0 Å². The van der Waals surface area contributed by atoms with Crippen LogP contribution in [0.25, 0.3) is 0 Å². The van der Waals surface area contributed by atoms with E-state index < -0.39 is 22.8 Å². The van der Waals surface area contributed by atoms with E-state index in [1.807, 2.05) is 13.8 Å². The van der Waals surface area contributed by atoms with Gasteiger partial charge in [-0.15, -0.1) is 0 Å². The number of nitriles is 1. The molecule has 0 radical (unpaired) electrons. The molecule has 0 unspecified atom stereocenters. The Bertz CT molecular complexity index is 637. The van der Waals surface area contributed by atoms with E-state index in [9.17, 15) is 19.7 Å². The van der Waals surface area contributed by atoms with Crippen molar-refractivity contribution >= 4 is 17.5 Å². The van der Waals surface area contributed by atoms with E-state index >= 15 is 0 Å². The van der Waals surface area contributed by atoms with Crippen molar-refractivity contribution < 1.29 is 14.5 Å². The van der Waals surface area contributed by atoms with Gasteiger partial charge >= 0.3 is 0 Å². The van der Waals surface area contributed by atoms with Crippen LogP contribution >= 0.6 is 0 Å². The normalized spacial score (nSPS) is 11.4. The molecule has 2 N–H and O–H groups in total. The van der Waals surface area contributed by atoms with Crippen LogP contribution in [0.3, 0.4) is 0 Å². The molecule has 0 fully saturated rings. The van der Waals surface area contributed by atoms with E-state index in [1.165, 1.54) is 18.2 Å². The van der Waals surface area contributed by atoms with Crippen LogP contribution in [-0.4, -0.2) is 29.3 Å². The van der Waals surface area contributed by atoms with Gasteiger partial charge in [0, 0.05) is 17.7 Å². The van der Waals surface area contributed by atoms with E-state index in [0.717, 1.165) is 6.07 Å². The molecule has 0 aromatic heterocycles. The molecule has 0 saturated carbocycles. The Labute approximate surface area is 133 Å². The summed E-state index contributed by atoms with van der Waals surface area (Å²) in [7, 11) is 0. The highest BCUT2D eigenvalue weighted by atomic mass is 16.6. The molecular weight excluding hydrogens is 300 g/mol. The van der Waals surface area contributed by atoms with Crippen LogP contribution in [0.1, 0.15) is 30.6 Å². The lowest BCUT2D eigenvalue weighted by Crippen LogP contribution is -2.47. The molecule has 0 aliphatic carbocycles. The number of carbonyl (C=O) groups is 2. The second-order valence-corrected chi connectivity index (χ2v) is 5.34. The minimum atomic E-state index is -0.810. The van der Waals surface area contributed by atoms with Crippen LogP contribution in [0.2, 0.25) is 0 Å². The molecule has 2 amide bonds. The number of nitrogens with one attached hydrogen (secondary N) is 2. The van der Waals surface area contributed by atoms with Crippen LogP contribution in [0, 0.1) is 27.4 Å². The van der Waals surface area contributed by atoms with Gasteiger partial charge in [0.1, 0.15) is 12.6 Å². The quantitative estimate of drug-likeness (QED) is 0.446. The Kier molecular flexibility index (Phi) is 6.68. The van der Waals surface area contributed by atoms with Crippen molar-refractivity contribution in [3.8, 4) is 6.07 Å². The third-order valence-corrected chi connectivity index (χ3v) is 2.99. The van der Waals surface area contributed by atoms with E-state index in [-0.39, 0.29) is 23.7 Å². The smallest absolute Gasteiger partial charge is 0.270 e. The Hall–Kier alpha value is -2.95. The van der Waals surface area contributed by atoms with Gasteiger partial charge in [-0.1, -0.05) is 19.9 Å². The average Bonchev–Trinajstić information content (AvgIpc) is 2.51. The molecule has 0 aliphatic rings. The van der Waals surface area contributed by atoms with Crippen molar-refractivity contribution in [1.82, 2.24) is 10.6 Å². The largest absolute Gasteiger partial charge is 0.341 e. The van der Waals surface area contributed by atoms with E-state index in [2.05, 4.69) is 10.6 Å². The highest BCUT2D eigenvalue weighted by molar-refractivity contribution is 5.98. The summed E-state index contributed by atoms with van der Waals surface area (Å²) in [5, 5.41) is 24.2. The Morgan fingerprint density at radius 1 is 1.39 bits per heavy atom. The Morgan fingerprint density at radius 3 is 2.65 bits per heavy atom. The van der Waals surface area contributed by atoms with Gasteiger partial charge in [-0.05, 0) is 18.4 Å². The lowest BCUT2D eigenvalue weighted by molar-refractivity contribution is -0.384. The molecule has 1 aromatic rings. The van der Waals surface area contributed by atoms with Gasteiger partial charge in [-0.2, -0.15) is 5.26 Å². The maximum atomic E-state index is 12.2. The summed E-state index contributed by atoms with van der Waals surface area (Å²) in [6.45, 7) is 3.63. The minimum Gasteiger partial charge on any atom is -0.341 e. The number of rotatable bonds is 7. The molecule has 23 heavy (non-hydrogen) atoms. The SMILES string of the molecule is CC(C)C[C@H](NC(=O)c1cccc([N+](=O)[O-])c1)C(=O)NCC#N. The van der Waals surface area contributed by atoms with Gasteiger partial charge in [0.05, 0.1) is 11.0 Å². The first-order valence-electron chi connectivity index (χ1n) is 7.05. The Morgan fingerprint density at radius 2 is 2.09 bits per heavy atom. The van der Waals surface area contributed by atoms with Crippen molar-refractivity contribution in [2.24, 2.45) is 5.92 Å². The second-order valence-electron chi connectivity index (χ2n) is 5.34. The predicted octanol–water partition coefficient (Wildman–Crippen LogP) is 1.38. The van der Waals surface area contributed by atoms with E-state index in [0.29, 0.717) is 6.42 Å². The number of benzene rings is 1. The monoisotopic (exact) mass is 318 g/mol. The molecule has 8 nitrogen and oxygen atoms in total. The zero-order valence-electron chi connectivity index (χ0n) is 12.9. The lowest BCUT2D eigenvalue weighted by Gasteiger charge is -2.19. The van der Waals surface area contributed by atoms with E-state index in [1.54, 1.807) is 6.07 Å². The van der Waals surface area contributed by atoms with Crippen molar-refractivity contribution in [1.29, 1.82) is 5.26 Å². The zero-order chi connectivity index (χ0) is 17.4. The molecule has 1 atom stereocenters. The number of carbonyl (C=O) groups excluding carboxylic acids is 2. The average molecular weight is 318 g/mol. The standard InChI is InChI=1S/C15H18N4O4/c1-10(2)8-13(15(21)17-7-6-16)18-14(20)11-4-3-5-12(9-11)19(22)23/h3-5,9-10,13H,7-8H2,1-2H3,(H,17,21)(H,18,20)/t13-/m0/s1. The molecule has 8 heteroatoms. The van der Waals surface area contributed by atoms with Gasteiger partial charge in [-0.25, -0.2) is 0 Å². The number of hydrogen-bond donors (Lipinski definition) is 2.